The maximum Gasteiger partial charge on any atom is 0.460 e. The first kappa shape index (κ1) is 31.0. The van der Waals surface area contributed by atoms with E-state index in [0.29, 0.717) is 7.11 Å². The zero-order valence-electron chi connectivity index (χ0n) is 17.6. The van der Waals surface area contributed by atoms with Crippen LogP contribution in [0.2, 0.25) is 0 Å². The lowest BCUT2D eigenvalue weighted by Gasteiger charge is -2.42. The molecule has 0 heterocycles. The van der Waals surface area contributed by atoms with Crippen LogP contribution >= 0.6 is 0 Å². The zero-order chi connectivity index (χ0) is 28.1. The summed E-state index contributed by atoms with van der Waals surface area (Å²) in [6.45, 7) is 0. The number of benzene rings is 1. The SMILES string of the molecule is COC(CC(F)(F)C(F)(F)C(F)(F)C(F)(F)C(F)(F)C(F)(F)C(F)(F)F)c1ccccc1N(C)C. The van der Waals surface area contributed by atoms with Gasteiger partial charge in [-0.2, -0.15) is 65.9 Å². The minimum atomic E-state index is -8.31. The lowest BCUT2D eigenvalue weighted by Crippen LogP contribution is -2.72. The summed E-state index contributed by atoms with van der Waals surface area (Å²) in [7, 11) is 3.24. The molecule has 0 spiro atoms. The molecular weight excluding hydrogens is 531 g/mol. The van der Waals surface area contributed by atoms with Crippen molar-refractivity contribution in [2.45, 2.75) is 54.2 Å². The Morgan fingerprint density at radius 3 is 1.46 bits per heavy atom. The molecule has 204 valence electrons. The summed E-state index contributed by atoms with van der Waals surface area (Å²) in [5.74, 6) is -46.7. The fraction of sp³-hybridized carbons (Fsp3) is 0.667. The molecule has 2 nitrogen and oxygen atoms in total. The molecule has 0 fully saturated rings. The van der Waals surface area contributed by atoms with E-state index in [1.165, 1.54) is 31.1 Å². The van der Waals surface area contributed by atoms with Crippen LogP contribution in [-0.2, 0) is 4.74 Å². The number of halogens is 15. The standard InChI is InChI=1S/C18H16F15NO/c1-34(2)10-7-5-4-6-9(10)11(35-3)8-12(19,20)13(21,22)14(23,24)15(25,26)16(27,28)17(29,30)18(31,32)33/h4-7,11H,8H2,1-3H3. The molecule has 0 radical (unpaired) electrons. The summed E-state index contributed by atoms with van der Waals surface area (Å²) in [6, 6.07) is 4.64. The van der Waals surface area contributed by atoms with E-state index in [4.69, 9.17) is 0 Å². The van der Waals surface area contributed by atoms with Crippen molar-refractivity contribution in [1.82, 2.24) is 0 Å². The Morgan fingerprint density at radius 2 is 1.06 bits per heavy atom. The third kappa shape index (κ3) is 4.71. The maximum absolute atomic E-state index is 14.3. The van der Waals surface area contributed by atoms with Crippen molar-refractivity contribution >= 4 is 5.69 Å². The smallest absolute Gasteiger partial charge is 0.377 e. The van der Waals surface area contributed by atoms with E-state index in [-0.39, 0.29) is 11.3 Å². The number of hydrogen-bond acceptors (Lipinski definition) is 2. The van der Waals surface area contributed by atoms with Gasteiger partial charge in [-0.05, 0) is 6.07 Å². The molecule has 17 heteroatoms. The molecule has 1 rings (SSSR count). The van der Waals surface area contributed by atoms with Gasteiger partial charge in [-0.1, -0.05) is 18.2 Å². The van der Waals surface area contributed by atoms with Crippen LogP contribution in [0, 0.1) is 0 Å². The Labute approximate surface area is 187 Å². The van der Waals surface area contributed by atoms with E-state index in [0.717, 1.165) is 12.1 Å². The number of nitrogens with zero attached hydrogens (tertiary/aromatic N) is 1. The molecule has 0 aromatic heterocycles. The number of ether oxygens (including phenoxy) is 1. The number of anilines is 1. The predicted octanol–water partition coefficient (Wildman–Crippen LogP) is 7.20. The van der Waals surface area contributed by atoms with E-state index in [2.05, 4.69) is 4.74 Å². The van der Waals surface area contributed by atoms with Crippen LogP contribution in [0.1, 0.15) is 18.1 Å². The fourth-order valence-electron chi connectivity index (χ4n) is 2.85. The van der Waals surface area contributed by atoms with Crippen LogP contribution in [-0.4, -0.2) is 62.9 Å². The van der Waals surface area contributed by atoms with Gasteiger partial charge in [0.2, 0.25) is 0 Å². The van der Waals surface area contributed by atoms with Gasteiger partial charge in [-0.3, -0.25) is 0 Å². The van der Waals surface area contributed by atoms with Gasteiger partial charge in [0.15, 0.2) is 0 Å². The molecule has 1 aromatic rings. The summed E-state index contributed by atoms with van der Waals surface area (Å²) < 4.78 is 205. The highest BCUT2D eigenvalue weighted by atomic mass is 19.4. The average molecular weight is 547 g/mol. The Hall–Kier alpha value is -2.07. The highest BCUT2D eigenvalue weighted by molar-refractivity contribution is 5.53. The maximum atomic E-state index is 14.3. The Kier molecular flexibility index (Phi) is 8.05. The van der Waals surface area contributed by atoms with Crippen LogP contribution in [0.25, 0.3) is 0 Å². The molecule has 1 aromatic carbocycles. The molecule has 0 aliphatic carbocycles. The molecule has 35 heavy (non-hydrogen) atoms. The number of alkyl halides is 15. The van der Waals surface area contributed by atoms with Crippen molar-refractivity contribution < 1.29 is 70.6 Å². The van der Waals surface area contributed by atoms with Crippen LogP contribution in [0.15, 0.2) is 24.3 Å². The van der Waals surface area contributed by atoms with E-state index in [1.807, 2.05) is 0 Å². The third-order valence-corrected chi connectivity index (χ3v) is 4.88. The number of rotatable bonds is 10. The molecule has 0 amide bonds. The predicted molar refractivity (Wildman–Crippen MR) is 90.9 cm³/mol. The minimum Gasteiger partial charge on any atom is -0.377 e. The summed E-state index contributed by atoms with van der Waals surface area (Å²) >= 11 is 0. The molecule has 0 aliphatic rings. The van der Waals surface area contributed by atoms with Crippen LogP contribution < -0.4 is 4.90 Å². The fourth-order valence-corrected chi connectivity index (χ4v) is 2.85. The highest BCUT2D eigenvalue weighted by Crippen LogP contribution is 2.63. The van der Waals surface area contributed by atoms with Gasteiger partial charge < -0.3 is 9.64 Å². The van der Waals surface area contributed by atoms with Gasteiger partial charge >= 0.3 is 41.7 Å². The first-order chi connectivity index (χ1) is 15.3. The van der Waals surface area contributed by atoms with Crippen molar-refractivity contribution in [3.05, 3.63) is 29.8 Å². The summed E-state index contributed by atoms with van der Waals surface area (Å²) in [4.78, 5) is 1.21. The quantitative estimate of drug-likeness (QED) is 0.287. The average Bonchev–Trinajstić information content (AvgIpc) is 2.70. The molecule has 0 saturated heterocycles. The van der Waals surface area contributed by atoms with Gasteiger partial charge in [-0.25, -0.2) is 0 Å². The zero-order valence-corrected chi connectivity index (χ0v) is 17.6. The van der Waals surface area contributed by atoms with Crippen molar-refractivity contribution in [3.8, 4) is 0 Å². The van der Waals surface area contributed by atoms with Crippen molar-refractivity contribution in [2.75, 3.05) is 26.1 Å². The van der Waals surface area contributed by atoms with E-state index >= 15 is 0 Å². The Balaban J connectivity index is 3.56. The van der Waals surface area contributed by atoms with Gasteiger partial charge in [0.1, 0.15) is 0 Å². The molecule has 0 aliphatic heterocycles. The lowest BCUT2D eigenvalue weighted by molar-refractivity contribution is -0.453. The van der Waals surface area contributed by atoms with E-state index in [1.54, 1.807) is 0 Å². The molecular formula is C18H16F15NO. The largest absolute Gasteiger partial charge is 0.460 e. The molecule has 1 atom stereocenters. The molecule has 0 saturated carbocycles. The normalized spacial score (nSPS) is 15.8. The molecule has 0 N–H and O–H groups in total. The second-order valence-corrected chi connectivity index (χ2v) is 7.46. The van der Waals surface area contributed by atoms with Crippen LogP contribution in [0.4, 0.5) is 71.5 Å². The summed E-state index contributed by atoms with van der Waals surface area (Å²) in [5, 5.41) is 0. The van der Waals surface area contributed by atoms with Gasteiger partial charge in [0.05, 0.1) is 6.10 Å². The third-order valence-electron chi connectivity index (χ3n) is 4.88. The Bertz CT molecular complexity index is 879. The number of para-hydroxylation sites is 1. The molecule has 0 bridgehead atoms. The molecule has 1 unspecified atom stereocenters. The first-order valence-electron chi connectivity index (χ1n) is 8.97. The number of hydrogen-bond donors (Lipinski definition) is 0. The van der Waals surface area contributed by atoms with Crippen molar-refractivity contribution in [3.63, 3.8) is 0 Å². The van der Waals surface area contributed by atoms with Gasteiger partial charge in [0.25, 0.3) is 0 Å². The highest BCUT2D eigenvalue weighted by Gasteiger charge is 2.93. The first-order valence-corrected chi connectivity index (χ1v) is 8.97. The minimum absolute atomic E-state index is 0.0214. The lowest BCUT2D eigenvalue weighted by atomic mass is 9.88. The van der Waals surface area contributed by atoms with Crippen LogP contribution in [0.5, 0.6) is 0 Å². The summed E-state index contributed by atoms with van der Waals surface area (Å²) in [6.07, 6.45) is -12.5. The van der Waals surface area contributed by atoms with Crippen LogP contribution in [0.3, 0.4) is 0 Å². The summed E-state index contributed by atoms with van der Waals surface area (Å²) in [5.41, 5.74) is -0.411. The Morgan fingerprint density at radius 1 is 0.657 bits per heavy atom. The second-order valence-electron chi connectivity index (χ2n) is 7.46. The number of methoxy groups -OCH3 is 1. The van der Waals surface area contributed by atoms with Gasteiger partial charge in [-0.15, -0.1) is 0 Å². The monoisotopic (exact) mass is 547 g/mol. The topological polar surface area (TPSA) is 12.5 Å². The second kappa shape index (κ2) is 9.10. The van der Waals surface area contributed by atoms with E-state index < -0.39 is 54.2 Å². The van der Waals surface area contributed by atoms with Crippen molar-refractivity contribution in [2.24, 2.45) is 0 Å². The van der Waals surface area contributed by atoms with E-state index in [9.17, 15) is 65.9 Å². The van der Waals surface area contributed by atoms with Crippen molar-refractivity contribution in [1.29, 1.82) is 0 Å². The van der Waals surface area contributed by atoms with Gasteiger partial charge in [0, 0.05) is 38.9 Å².